The number of nitrogens with one attached hydrogen (secondary N) is 1. The van der Waals surface area contributed by atoms with Gasteiger partial charge in [0.1, 0.15) is 0 Å². The van der Waals surface area contributed by atoms with Crippen molar-refractivity contribution in [1.82, 2.24) is 10.2 Å². The molecule has 5 nitrogen and oxygen atoms in total. The lowest BCUT2D eigenvalue weighted by Gasteiger charge is -2.16. The zero-order valence-corrected chi connectivity index (χ0v) is 10.0. The van der Waals surface area contributed by atoms with Crippen LogP contribution in [0.5, 0.6) is 0 Å². The molecule has 88 valence electrons. The molecule has 1 rings (SSSR count). The highest BCUT2D eigenvalue weighted by molar-refractivity contribution is 7.91. The zero-order chi connectivity index (χ0) is 11.5. The zero-order valence-electron chi connectivity index (χ0n) is 9.19. The third-order valence-electron chi connectivity index (χ3n) is 2.67. The summed E-state index contributed by atoms with van der Waals surface area (Å²) in [5.74, 6) is 0.403. The Kier molecular flexibility index (Phi) is 4.10. The predicted molar refractivity (Wildman–Crippen MR) is 58.4 cm³/mol. The van der Waals surface area contributed by atoms with Gasteiger partial charge in [0.2, 0.25) is 5.91 Å². The number of carbonyl (C=O) groups is 1. The number of hydrogen-bond acceptors (Lipinski definition) is 4. The van der Waals surface area contributed by atoms with Crippen LogP contribution >= 0.6 is 0 Å². The van der Waals surface area contributed by atoms with Crippen molar-refractivity contribution in [3.8, 4) is 0 Å². The fraction of sp³-hybridized carbons (Fsp3) is 0.889. The number of sulfone groups is 1. The second-order valence-electron chi connectivity index (χ2n) is 3.89. The molecule has 1 unspecified atom stereocenters. The van der Waals surface area contributed by atoms with Crippen LogP contribution in [0.2, 0.25) is 0 Å². The normalized spacial score (nSPS) is 24.0. The maximum absolute atomic E-state index is 11.4. The monoisotopic (exact) mass is 234 g/mol. The van der Waals surface area contributed by atoms with Gasteiger partial charge >= 0.3 is 0 Å². The summed E-state index contributed by atoms with van der Waals surface area (Å²) in [6.45, 7) is 2.80. The molecule has 1 aliphatic rings. The number of rotatable bonds is 4. The van der Waals surface area contributed by atoms with E-state index in [1.54, 1.807) is 11.9 Å². The van der Waals surface area contributed by atoms with Gasteiger partial charge in [-0.25, -0.2) is 8.42 Å². The third-order valence-corrected chi connectivity index (χ3v) is 4.44. The van der Waals surface area contributed by atoms with E-state index in [-0.39, 0.29) is 30.0 Å². The van der Waals surface area contributed by atoms with Crippen LogP contribution < -0.4 is 5.32 Å². The molecule has 0 aromatic rings. The molecule has 6 heteroatoms. The van der Waals surface area contributed by atoms with Crippen molar-refractivity contribution < 1.29 is 13.2 Å². The van der Waals surface area contributed by atoms with Crippen molar-refractivity contribution in [2.45, 2.75) is 19.4 Å². The van der Waals surface area contributed by atoms with Crippen LogP contribution in [0.25, 0.3) is 0 Å². The molecule has 1 fully saturated rings. The lowest BCUT2D eigenvalue weighted by Crippen LogP contribution is -2.40. The largest absolute Gasteiger partial charge is 0.345 e. The van der Waals surface area contributed by atoms with E-state index in [0.29, 0.717) is 13.0 Å². The summed E-state index contributed by atoms with van der Waals surface area (Å²) in [5.41, 5.74) is 0. The Morgan fingerprint density at radius 2 is 2.20 bits per heavy atom. The number of likely N-dealkylation sites (N-methyl/N-ethyl adjacent to an activating group) is 1. The second kappa shape index (κ2) is 4.94. The molecule has 0 aromatic heterocycles. The Balaban J connectivity index is 2.30. The molecule has 0 bridgehead atoms. The lowest BCUT2D eigenvalue weighted by atomic mass is 10.2. The average molecular weight is 234 g/mol. The summed E-state index contributed by atoms with van der Waals surface area (Å²) in [7, 11) is -1.13. The minimum atomic E-state index is -2.86. The molecule has 0 radical (unpaired) electrons. The van der Waals surface area contributed by atoms with E-state index in [2.05, 4.69) is 5.32 Å². The molecule has 1 saturated heterocycles. The first-order valence-electron chi connectivity index (χ1n) is 5.12. The van der Waals surface area contributed by atoms with Crippen molar-refractivity contribution in [2.24, 2.45) is 0 Å². The van der Waals surface area contributed by atoms with E-state index >= 15 is 0 Å². The van der Waals surface area contributed by atoms with Crippen LogP contribution in [0.4, 0.5) is 0 Å². The van der Waals surface area contributed by atoms with Crippen LogP contribution in [-0.2, 0) is 14.6 Å². The molecular weight excluding hydrogens is 216 g/mol. The molecule has 1 aliphatic heterocycles. The Morgan fingerprint density at radius 3 is 2.67 bits per heavy atom. The average Bonchev–Trinajstić information content (AvgIpc) is 2.53. The van der Waals surface area contributed by atoms with E-state index in [1.807, 2.05) is 6.92 Å². The van der Waals surface area contributed by atoms with Gasteiger partial charge in [0, 0.05) is 19.6 Å². The fourth-order valence-electron chi connectivity index (χ4n) is 1.50. The first kappa shape index (κ1) is 12.4. The first-order chi connectivity index (χ1) is 6.94. The molecule has 0 aliphatic carbocycles. The number of carbonyl (C=O) groups excluding carboxylic acids is 1. The lowest BCUT2D eigenvalue weighted by molar-refractivity contribution is -0.128. The van der Waals surface area contributed by atoms with Gasteiger partial charge in [0.25, 0.3) is 0 Å². The van der Waals surface area contributed by atoms with Crippen molar-refractivity contribution in [1.29, 1.82) is 0 Å². The van der Waals surface area contributed by atoms with Gasteiger partial charge in [-0.2, -0.15) is 0 Å². The molecule has 15 heavy (non-hydrogen) atoms. The highest BCUT2D eigenvalue weighted by atomic mass is 32.2. The van der Waals surface area contributed by atoms with Gasteiger partial charge in [-0.15, -0.1) is 0 Å². The smallest absolute Gasteiger partial charge is 0.236 e. The van der Waals surface area contributed by atoms with Crippen LogP contribution in [-0.4, -0.2) is 56.9 Å². The summed E-state index contributed by atoms with van der Waals surface area (Å²) >= 11 is 0. The molecule has 1 heterocycles. The van der Waals surface area contributed by atoms with E-state index in [0.717, 1.165) is 0 Å². The number of nitrogens with zero attached hydrogens (tertiary/aromatic N) is 1. The Labute approximate surface area is 90.7 Å². The Hall–Kier alpha value is -0.620. The van der Waals surface area contributed by atoms with Gasteiger partial charge in [-0.1, -0.05) is 0 Å². The van der Waals surface area contributed by atoms with Crippen molar-refractivity contribution in [3.05, 3.63) is 0 Å². The third kappa shape index (κ3) is 3.79. The highest BCUT2D eigenvalue weighted by Gasteiger charge is 2.27. The summed E-state index contributed by atoms with van der Waals surface area (Å²) in [5, 5.41) is 2.98. The molecule has 1 N–H and O–H groups in total. The SMILES string of the molecule is CCN(C)C(=O)CNC1CCS(=O)(=O)C1. The first-order valence-corrected chi connectivity index (χ1v) is 6.94. The maximum Gasteiger partial charge on any atom is 0.236 e. The van der Waals surface area contributed by atoms with E-state index in [4.69, 9.17) is 0 Å². The van der Waals surface area contributed by atoms with Crippen molar-refractivity contribution in [3.63, 3.8) is 0 Å². The Morgan fingerprint density at radius 1 is 1.53 bits per heavy atom. The van der Waals surface area contributed by atoms with Crippen LogP contribution in [0.15, 0.2) is 0 Å². The predicted octanol–water partition coefficient (Wildman–Crippen LogP) is -0.759. The van der Waals surface area contributed by atoms with Gasteiger partial charge in [-0.05, 0) is 13.3 Å². The van der Waals surface area contributed by atoms with Gasteiger partial charge in [0.05, 0.1) is 18.1 Å². The van der Waals surface area contributed by atoms with Crippen LogP contribution in [0.1, 0.15) is 13.3 Å². The van der Waals surface area contributed by atoms with Gasteiger partial charge in [0.15, 0.2) is 9.84 Å². The summed E-state index contributed by atoms with van der Waals surface area (Å²) in [6, 6.07) is -0.0517. The molecule has 0 spiro atoms. The molecule has 1 amide bonds. The Bertz CT molecular complexity index is 326. The van der Waals surface area contributed by atoms with E-state index in [1.165, 1.54) is 0 Å². The van der Waals surface area contributed by atoms with Gasteiger partial charge < -0.3 is 10.2 Å². The number of amides is 1. The van der Waals surface area contributed by atoms with E-state index < -0.39 is 9.84 Å². The van der Waals surface area contributed by atoms with Crippen LogP contribution in [0.3, 0.4) is 0 Å². The number of hydrogen-bond donors (Lipinski definition) is 1. The molecule has 1 atom stereocenters. The molecular formula is C9H18N2O3S. The molecule has 0 aromatic carbocycles. The van der Waals surface area contributed by atoms with Crippen molar-refractivity contribution in [2.75, 3.05) is 31.6 Å². The van der Waals surface area contributed by atoms with E-state index in [9.17, 15) is 13.2 Å². The quantitative estimate of drug-likeness (QED) is 0.694. The standard InChI is InChI=1S/C9H18N2O3S/c1-3-11(2)9(12)6-10-8-4-5-15(13,14)7-8/h8,10H,3-7H2,1-2H3. The van der Waals surface area contributed by atoms with Crippen LogP contribution in [0, 0.1) is 0 Å². The summed E-state index contributed by atoms with van der Waals surface area (Å²) < 4.78 is 22.3. The highest BCUT2D eigenvalue weighted by Crippen LogP contribution is 2.10. The topological polar surface area (TPSA) is 66.5 Å². The minimum Gasteiger partial charge on any atom is -0.345 e. The minimum absolute atomic E-state index is 0.00166. The maximum atomic E-state index is 11.4. The summed E-state index contributed by atoms with van der Waals surface area (Å²) in [4.78, 5) is 13.0. The molecule has 0 saturated carbocycles. The van der Waals surface area contributed by atoms with Gasteiger partial charge in [-0.3, -0.25) is 4.79 Å². The van der Waals surface area contributed by atoms with Crippen molar-refractivity contribution >= 4 is 15.7 Å². The second-order valence-corrected chi connectivity index (χ2v) is 6.12. The fourth-order valence-corrected chi connectivity index (χ4v) is 3.21. The summed E-state index contributed by atoms with van der Waals surface area (Å²) in [6.07, 6.45) is 0.617.